The zero-order valence-electron chi connectivity index (χ0n) is 10.9. The molecule has 2 saturated heterocycles. The first-order valence-corrected chi connectivity index (χ1v) is 6.93. The van der Waals surface area contributed by atoms with Crippen LogP contribution in [0.4, 0.5) is 0 Å². The summed E-state index contributed by atoms with van der Waals surface area (Å²) in [5, 5.41) is 3.33. The van der Waals surface area contributed by atoms with Gasteiger partial charge >= 0.3 is 0 Å². The van der Waals surface area contributed by atoms with E-state index in [-0.39, 0.29) is 0 Å². The van der Waals surface area contributed by atoms with Gasteiger partial charge in [-0.15, -0.1) is 0 Å². The molecular formula is C13H27N3. The molecule has 2 rings (SSSR count). The highest BCUT2D eigenvalue weighted by Crippen LogP contribution is 2.21. The van der Waals surface area contributed by atoms with Gasteiger partial charge in [0, 0.05) is 18.6 Å². The fourth-order valence-electron chi connectivity index (χ4n) is 3.01. The molecule has 2 aliphatic rings. The highest BCUT2D eigenvalue weighted by Gasteiger charge is 2.28. The number of hydrogen-bond donors (Lipinski definition) is 1. The summed E-state index contributed by atoms with van der Waals surface area (Å²) in [5.41, 5.74) is 0. The molecule has 94 valence electrons. The lowest BCUT2D eigenvalue weighted by Gasteiger charge is -2.26. The molecule has 0 spiro atoms. The van der Waals surface area contributed by atoms with Crippen LogP contribution in [0.1, 0.15) is 32.6 Å². The van der Waals surface area contributed by atoms with Crippen molar-refractivity contribution >= 4 is 0 Å². The van der Waals surface area contributed by atoms with Gasteiger partial charge in [-0.3, -0.25) is 4.90 Å². The van der Waals surface area contributed by atoms with Crippen molar-refractivity contribution in [1.29, 1.82) is 0 Å². The second-order valence-corrected chi connectivity index (χ2v) is 5.46. The van der Waals surface area contributed by atoms with Gasteiger partial charge in [0.2, 0.25) is 0 Å². The maximum absolute atomic E-state index is 3.33. The lowest BCUT2D eigenvalue weighted by Crippen LogP contribution is -2.38. The van der Waals surface area contributed by atoms with E-state index in [1.807, 2.05) is 0 Å². The van der Waals surface area contributed by atoms with Crippen molar-refractivity contribution in [2.75, 3.05) is 39.8 Å². The van der Waals surface area contributed by atoms with E-state index in [4.69, 9.17) is 0 Å². The minimum atomic E-state index is 0.655. The third-order valence-corrected chi connectivity index (χ3v) is 4.26. The molecule has 0 aromatic heterocycles. The van der Waals surface area contributed by atoms with Crippen molar-refractivity contribution in [3.05, 3.63) is 0 Å². The predicted molar refractivity (Wildman–Crippen MR) is 68.8 cm³/mol. The Kier molecular flexibility index (Phi) is 4.62. The summed E-state index contributed by atoms with van der Waals surface area (Å²) in [6, 6.07) is 1.52. The lowest BCUT2D eigenvalue weighted by atomic mass is 10.2. The number of hydrogen-bond acceptors (Lipinski definition) is 3. The largest absolute Gasteiger partial charge is 0.317 e. The van der Waals surface area contributed by atoms with Crippen LogP contribution in [0.3, 0.4) is 0 Å². The zero-order valence-corrected chi connectivity index (χ0v) is 10.9. The Balaban J connectivity index is 1.77. The first-order valence-electron chi connectivity index (χ1n) is 6.93. The molecule has 2 unspecified atom stereocenters. The molecule has 2 heterocycles. The van der Waals surface area contributed by atoms with Gasteiger partial charge in [0.05, 0.1) is 0 Å². The van der Waals surface area contributed by atoms with E-state index in [1.54, 1.807) is 0 Å². The highest BCUT2D eigenvalue weighted by molar-refractivity contribution is 4.85. The summed E-state index contributed by atoms with van der Waals surface area (Å²) < 4.78 is 0. The fraction of sp³-hybridized carbons (Fsp3) is 1.00. The summed E-state index contributed by atoms with van der Waals surface area (Å²) >= 11 is 0. The van der Waals surface area contributed by atoms with Crippen molar-refractivity contribution in [2.45, 2.75) is 44.7 Å². The molecule has 0 bridgehead atoms. The summed E-state index contributed by atoms with van der Waals surface area (Å²) in [7, 11) is 2.06. The molecule has 0 aromatic rings. The van der Waals surface area contributed by atoms with Crippen LogP contribution in [0.15, 0.2) is 0 Å². The van der Waals surface area contributed by atoms with Crippen LogP contribution in [0.25, 0.3) is 0 Å². The van der Waals surface area contributed by atoms with Crippen LogP contribution >= 0.6 is 0 Å². The summed E-state index contributed by atoms with van der Waals surface area (Å²) in [5.74, 6) is 0. The van der Waals surface area contributed by atoms with Gasteiger partial charge < -0.3 is 10.2 Å². The van der Waals surface area contributed by atoms with Crippen molar-refractivity contribution in [1.82, 2.24) is 15.1 Å². The van der Waals surface area contributed by atoms with Gasteiger partial charge in [-0.25, -0.2) is 0 Å². The molecule has 0 aromatic carbocycles. The number of rotatable bonds is 4. The van der Waals surface area contributed by atoms with E-state index in [2.05, 4.69) is 29.1 Å². The minimum absolute atomic E-state index is 0.655. The second kappa shape index (κ2) is 5.99. The number of fused-ring (bicyclic) bond motifs is 1. The Morgan fingerprint density at radius 3 is 2.88 bits per heavy atom. The first kappa shape index (κ1) is 12.3. The van der Waals surface area contributed by atoms with Crippen molar-refractivity contribution < 1.29 is 0 Å². The van der Waals surface area contributed by atoms with Crippen molar-refractivity contribution in [3.8, 4) is 0 Å². The molecule has 0 radical (unpaired) electrons. The van der Waals surface area contributed by atoms with Crippen LogP contribution in [0.5, 0.6) is 0 Å². The lowest BCUT2D eigenvalue weighted by molar-refractivity contribution is 0.215. The molecular weight excluding hydrogens is 198 g/mol. The van der Waals surface area contributed by atoms with E-state index in [0.717, 1.165) is 6.04 Å². The SMILES string of the molecule is CNC(C)CCN1CCCN2CCCC2C1. The van der Waals surface area contributed by atoms with Gasteiger partial charge in [-0.05, 0) is 65.8 Å². The Hall–Kier alpha value is -0.120. The Morgan fingerprint density at radius 2 is 2.06 bits per heavy atom. The van der Waals surface area contributed by atoms with Crippen LogP contribution in [-0.2, 0) is 0 Å². The van der Waals surface area contributed by atoms with E-state index in [1.165, 1.54) is 58.4 Å². The maximum Gasteiger partial charge on any atom is 0.0223 e. The summed E-state index contributed by atoms with van der Waals surface area (Å²) in [6.07, 6.45) is 5.50. The van der Waals surface area contributed by atoms with Crippen LogP contribution in [0.2, 0.25) is 0 Å². The molecule has 0 amide bonds. The van der Waals surface area contributed by atoms with Crippen molar-refractivity contribution in [3.63, 3.8) is 0 Å². The summed E-state index contributed by atoms with van der Waals surface area (Å²) in [6.45, 7) is 8.86. The fourth-order valence-corrected chi connectivity index (χ4v) is 3.01. The van der Waals surface area contributed by atoms with E-state index < -0.39 is 0 Å². The first-order chi connectivity index (χ1) is 7.79. The zero-order chi connectivity index (χ0) is 11.4. The van der Waals surface area contributed by atoms with E-state index >= 15 is 0 Å². The second-order valence-electron chi connectivity index (χ2n) is 5.46. The molecule has 0 saturated carbocycles. The molecule has 2 fully saturated rings. The molecule has 2 atom stereocenters. The van der Waals surface area contributed by atoms with Crippen LogP contribution in [-0.4, -0.2) is 61.7 Å². The minimum Gasteiger partial charge on any atom is -0.317 e. The van der Waals surface area contributed by atoms with Gasteiger partial charge in [-0.1, -0.05) is 0 Å². The van der Waals surface area contributed by atoms with Gasteiger partial charge in [-0.2, -0.15) is 0 Å². The highest BCUT2D eigenvalue weighted by atomic mass is 15.3. The monoisotopic (exact) mass is 225 g/mol. The van der Waals surface area contributed by atoms with Crippen LogP contribution < -0.4 is 5.32 Å². The molecule has 3 nitrogen and oxygen atoms in total. The Labute approximate surface area is 100 Å². The topological polar surface area (TPSA) is 18.5 Å². The Bertz CT molecular complexity index is 207. The molecule has 0 aliphatic carbocycles. The van der Waals surface area contributed by atoms with Crippen LogP contribution in [0, 0.1) is 0 Å². The average Bonchev–Trinajstić information content (AvgIpc) is 2.64. The van der Waals surface area contributed by atoms with Gasteiger partial charge in [0.15, 0.2) is 0 Å². The van der Waals surface area contributed by atoms with Gasteiger partial charge in [0.25, 0.3) is 0 Å². The number of nitrogens with one attached hydrogen (secondary N) is 1. The quantitative estimate of drug-likeness (QED) is 0.774. The Morgan fingerprint density at radius 1 is 1.25 bits per heavy atom. The third kappa shape index (κ3) is 3.19. The van der Waals surface area contributed by atoms with Gasteiger partial charge in [0.1, 0.15) is 0 Å². The molecule has 1 N–H and O–H groups in total. The smallest absolute Gasteiger partial charge is 0.0223 e. The summed E-state index contributed by atoms with van der Waals surface area (Å²) in [4.78, 5) is 5.39. The number of nitrogens with zero attached hydrogens (tertiary/aromatic N) is 2. The maximum atomic E-state index is 3.33. The standard InChI is InChI=1S/C13H27N3/c1-12(14-2)6-10-15-7-4-9-16-8-3-5-13(16)11-15/h12-14H,3-11H2,1-2H3. The van der Waals surface area contributed by atoms with E-state index in [0.29, 0.717) is 6.04 Å². The average molecular weight is 225 g/mol. The van der Waals surface area contributed by atoms with E-state index in [9.17, 15) is 0 Å². The molecule has 3 heteroatoms. The normalized spacial score (nSPS) is 30.0. The predicted octanol–water partition coefficient (Wildman–Crippen LogP) is 1.15. The van der Waals surface area contributed by atoms with Crippen molar-refractivity contribution in [2.24, 2.45) is 0 Å². The molecule has 16 heavy (non-hydrogen) atoms. The molecule has 2 aliphatic heterocycles. The third-order valence-electron chi connectivity index (χ3n) is 4.26.